The molecule has 1 aliphatic rings. The first kappa shape index (κ1) is 13.9. The van der Waals surface area contributed by atoms with E-state index in [1.807, 2.05) is 6.07 Å². The van der Waals surface area contributed by atoms with Crippen LogP contribution in [0.2, 0.25) is 0 Å². The summed E-state index contributed by atoms with van der Waals surface area (Å²) in [6.45, 7) is 0. The highest BCUT2D eigenvalue weighted by atomic mass is 16.1. The standard InChI is InChI=1S/C16H15N5O/c17-16(18)21-15(22)11-6-5-10-3-1-4-12(13(10)9-11)14-19-7-2-8-20-14/h2,4-9H,1,3H2,(H4,17,18,21,22). The second-order valence-electron chi connectivity index (χ2n) is 4.94. The van der Waals surface area contributed by atoms with Crippen LogP contribution < -0.4 is 11.5 Å². The third kappa shape index (κ3) is 2.71. The van der Waals surface area contributed by atoms with E-state index >= 15 is 0 Å². The molecule has 0 radical (unpaired) electrons. The van der Waals surface area contributed by atoms with E-state index in [9.17, 15) is 4.79 Å². The highest BCUT2D eigenvalue weighted by Crippen LogP contribution is 2.30. The van der Waals surface area contributed by atoms with Crippen molar-refractivity contribution in [2.45, 2.75) is 12.8 Å². The average Bonchev–Trinajstić information content (AvgIpc) is 2.54. The fourth-order valence-electron chi connectivity index (χ4n) is 2.49. The Morgan fingerprint density at radius 3 is 2.68 bits per heavy atom. The minimum atomic E-state index is -0.457. The molecule has 6 nitrogen and oxygen atoms in total. The van der Waals surface area contributed by atoms with Crippen LogP contribution in [0.15, 0.2) is 47.7 Å². The lowest BCUT2D eigenvalue weighted by molar-refractivity contribution is 0.100. The smallest absolute Gasteiger partial charge is 0.280 e. The highest BCUT2D eigenvalue weighted by molar-refractivity contribution is 6.02. The van der Waals surface area contributed by atoms with Crippen molar-refractivity contribution < 1.29 is 4.79 Å². The molecule has 0 saturated carbocycles. The van der Waals surface area contributed by atoms with E-state index in [0.717, 1.165) is 29.5 Å². The van der Waals surface area contributed by atoms with Crippen LogP contribution in [0.4, 0.5) is 0 Å². The summed E-state index contributed by atoms with van der Waals surface area (Å²) in [5, 5.41) is 0. The lowest BCUT2D eigenvalue weighted by atomic mass is 9.89. The maximum atomic E-state index is 12.0. The van der Waals surface area contributed by atoms with Gasteiger partial charge in [0.05, 0.1) is 0 Å². The number of allylic oxidation sites excluding steroid dienone is 1. The second-order valence-corrected chi connectivity index (χ2v) is 4.94. The lowest BCUT2D eigenvalue weighted by Crippen LogP contribution is -2.24. The largest absolute Gasteiger partial charge is 0.370 e. The van der Waals surface area contributed by atoms with Crippen LogP contribution in [0.1, 0.15) is 33.7 Å². The minimum absolute atomic E-state index is 0.245. The summed E-state index contributed by atoms with van der Waals surface area (Å²) in [5.74, 6) is -0.0542. The van der Waals surface area contributed by atoms with Crippen LogP contribution >= 0.6 is 0 Å². The van der Waals surface area contributed by atoms with Gasteiger partial charge < -0.3 is 11.5 Å². The summed E-state index contributed by atoms with van der Waals surface area (Å²) in [5.41, 5.74) is 14.0. The normalized spacial score (nSPS) is 13.0. The lowest BCUT2D eigenvalue weighted by Gasteiger charge is -2.17. The molecule has 1 amide bonds. The van der Waals surface area contributed by atoms with Crippen LogP contribution in [0.3, 0.4) is 0 Å². The molecule has 0 fully saturated rings. The predicted octanol–water partition coefficient (Wildman–Crippen LogP) is 1.27. The van der Waals surface area contributed by atoms with Gasteiger partial charge in [-0.1, -0.05) is 12.1 Å². The molecule has 0 aliphatic heterocycles. The second kappa shape index (κ2) is 5.77. The molecule has 3 rings (SSSR count). The zero-order valence-corrected chi connectivity index (χ0v) is 11.9. The number of carbonyl (C=O) groups is 1. The van der Waals surface area contributed by atoms with Crippen molar-refractivity contribution >= 4 is 17.4 Å². The summed E-state index contributed by atoms with van der Waals surface area (Å²) >= 11 is 0. The zero-order valence-electron chi connectivity index (χ0n) is 11.9. The third-order valence-electron chi connectivity index (χ3n) is 3.45. The number of nitrogens with two attached hydrogens (primary N) is 2. The van der Waals surface area contributed by atoms with Gasteiger partial charge in [-0.15, -0.1) is 0 Å². The maximum Gasteiger partial charge on any atom is 0.280 e. The van der Waals surface area contributed by atoms with Crippen molar-refractivity contribution in [3.63, 3.8) is 0 Å². The van der Waals surface area contributed by atoms with Gasteiger partial charge in [0.15, 0.2) is 11.8 Å². The Kier molecular flexibility index (Phi) is 3.65. The minimum Gasteiger partial charge on any atom is -0.370 e. The molecule has 0 unspecified atom stereocenters. The van der Waals surface area contributed by atoms with Crippen molar-refractivity contribution in [2.24, 2.45) is 16.5 Å². The molecule has 2 aromatic rings. The number of guanidine groups is 1. The first-order valence-corrected chi connectivity index (χ1v) is 6.90. The van der Waals surface area contributed by atoms with Crippen LogP contribution in [0, 0.1) is 0 Å². The number of amides is 1. The molecule has 4 N–H and O–H groups in total. The number of aryl methyl sites for hydroxylation is 1. The number of aromatic nitrogens is 2. The molecule has 1 aromatic heterocycles. The summed E-state index contributed by atoms with van der Waals surface area (Å²) in [7, 11) is 0. The fraction of sp³-hybridized carbons (Fsp3) is 0.125. The van der Waals surface area contributed by atoms with Gasteiger partial charge in [-0.25, -0.2) is 9.97 Å². The topological polar surface area (TPSA) is 107 Å². The van der Waals surface area contributed by atoms with Gasteiger partial charge in [0, 0.05) is 23.5 Å². The van der Waals surface area contributed by atoms with E-state index in [2.05, 4.69) is 21.0 Å². The first-order valence-electron chi connectivity index (χ1n) is 6.90. The van der Waals surface area contributed by atoms with Crippen LogP contribution in [-0.2, 0) is 6.42 Å². The monoisotopic (exact) mass is 293 g/mol. The molecule has 0 bridgehead atoms. The molecular formula is C16H15N5O. The molecule has 0 atom stereocenters. The molecule has 1 aromatic carbocycles. The Balaban J connectivity index is 2.06. The van der Waals surface area contributed by atoms with Crippen molar-refractivity contribution in [2.75, 3.05) is 0 Å². The van der Waals surface area contributed by atoms with Crippen molar-refractivity contribution in [1.29, 1.82) is 0 Å². The summed E-state index contributed by atoms with van der Waals surface area (Å²) in [4.78, 5) is 24.1. The van der Waals surface area contributed by atoms with Crippen LogP contribution in [0.5, 0.6) is 0 Å². The number of hydrogen-bond donors (Lipinski definition) is 2. The number of aliphatic imine (C=N–C) groups is 1. The quantitative estimate of drug-likeness (QED) is 0.640. The number of carbonyl (C=O) groups excluding carboxylic acids is 1. The molecule has 1 aliphatic carbocycles. The Morgan fingerprint density at radius 1 is 1.18 bits per heavy atom. The van der Waals surface area contributed by atoms with Gasteiger partial charge in [0.25, 0.3) is 5.91 Å². The van der Waals surface area contributed by atoms with Gasteiger partial charge in [0.2, 0.25) is 0 Å². The third-order valence-corrected chi connectivity index (χ3v) is 3.45. The van der Waals surface area contributed by atoms with Crippen LogP contribution in [-0.4, -0.2) is 21.8 Å². The van der Waals surface area contributed by atoms with E-state index < -0.39 is 5.91 Å². The molecule has 22 heavy (non-hydrogen) atoms. The number of rotatable bonds is 2. The van der Waals surface area contributed by atoms with Gasteiger partial charge in [0.1, 0.15) is 0 Å². The number of nitrogens with zero attached hydrogens (tertiary/aromatic N) is 3. The number of benzene rings is 1. The van der Waals surface area contributed by atoms with E-state index in [1.165, 1.54) is 0 Å². The Labute approximate surface area is 127 Å². The molecule has 1 heterocycles. The average molecular weight is 293 g/mol. The number of hydrogen-bond acceptors (Lipinski definition) is 3. The predicted molar refractivity (Wildman–Crippen MR) is 84.0 cm³/mol. The summed E-state index contributed by atoms with van der Waals surface area (Å²) in [6, 6.07) is 7.24. The van der Waals surface area contributed by atoms with Gasteiger partial charge in [-0.2, -0.15) is 4.99 Å². The van der Waals surface area contributed by atoms with Gasteiger partial charge >= 0.3 is 0 Å². The first-order chi connectivity index (χ1) is 10.6. The van der Waals surface area contributed by atoms with Crippen LogP contribution in [0.25, 0.3) is 5.57 Å². The Hall–Kier alpha value is -3.02. The van der Waals surface area contributed by atoms with Gasteiger partial charge in [-0.3, -0.25) is 4.79 Å². The molecule has 0 saturated heterocycles. The molecular weight excluding hydrogens is 278 g/mol. The SMILES string of the molecule is NC(N)=NC(=O)c1ccc2c(c1)C(c1ncccn1)=CCC2. The number of fused-ring (bicyclic) bond motifs is 1. The van der Waals surface area contributed by atoms with E-state index in [-0.39, 0.29) is 5.96 Å². The van der Waals surface area contributed by atoms with E-state index in [4.69, 9.17) is 11.5 Å². The van der Waals surface area contributed by atoms with E-state index in [0.29, 0.717) is 11.4 Å². The fourth-order valence-corrected chi connectivity index (χ4v) is 2.49. The molecule has 110 valence electrons. The highest BCUT2D eigenvalue weighted by Gasteiger charge is 2.18. The maximum absolute atomic E-state index is 12.0. The van der Waals surface area contributed by atoms with Crippen molar-refractivity contribution in [3.05, 3.63) is 65.2 Å². The van der Waals surface area contributed by atoms with Crippen molar-refractivity contribution in [1.82, 2.24) is 9.97 Å². The molecule has 0 spiro atoms. The summed E-state index contributed by atoms with van der Waals surface area (Å²) < 4.78 is 0. The van der Waals surface area contributed by atoms with E-state index in [1.54, 1.807) is 30.6 Å². The molecule has 6 heteroatoms. The Bertz CT molecular complexity index is 776. The Morgan fingerprint density at radius 2 is 1.95 bits per heavy atom. The van der Waals surface area contributed by atoms with Gasteiger partial charge in [-0.05, 0) is 42.2 Å². The zero-order chi connectivity index (χ0) is 15.5. The summed E-state index contributed by atoms with van der Waals surface area (Å²) in [6.07, 6.45) is 7.33. The van der Waals surface area contributed by atoms with Crippen molar-refractivity contribution in [3.8, 4) is 0 Å².